The van der Waals surface area contributed by atoms with E-state index in [1.165, 1.54) is 0 Å². The van der Waals surface area contributed by atoms with E-state index in [1.807, 2.05) is 0 Å². The van der Waals surface area contributed by atoms with Crippen molar-refractivity contribution >= 4 is 0 Å². The molecule has 54 valence electrons. The first-order chi connectivity index (χ1) is 4.18. The fraction of sp³-hybridized carbons (Fsp3) is 0.714. The highest BCUT2D eigenvalue weighted by Gasteiger charge is 2.01. The Morgan fingerprint density at radius 3 is 2.56 bits per heavy atom. The Morgan fingerprint density at radius 2 is 2.22 bits per heavy atom. The molecule has 0 bridgehead atoms. The van der Waals surface area contributed by atoms with Gasteiger partial charge >= 0.3 is 0 Å². The quantitative estimate of drug-likeness (QED) is 0.550. The van der Waals surface area contributed by atoms with Crippen molar-refractivity contribution in [3.8, 4) is 0 Å². The molecule has 0 spiro atoms. The minimum absolute atomic E-state index is 0.143. The number of hydrogen-bond donors (Lipinski definition) is 2. The van der Waals surface area contributed by atoms with Gasteiger partial charge in [-0.25, -0.2) is 0 Å². The average Bonchev–Trinajstić information content (AvgIpc) is 1.82. The van der Waals surface area contributed by atoms with Gasteiger partial charge in [0.15, 0.2) is 0 Å². The van der Waals surface area contributed by atoms with Gasteiger partial charge in [0.05, 0.1) is 6.10 Å². The second kappa shape index (κ2) is 4.53. The summed E-state index contributed by atoms with van der Waals surface area (Å²) < 4.78 is 0. The number of aliphatic hydroxyl groups is 2. The highest BCUT2D eigenvalue weighted by Crippen LogP contribution is 2.04. The predicted molar refractivity (Wildman–Crippen MR) is 37.1 cm³/mol. The van der Waals surface area contributed by atoms with E-state index < -0.39 is 6.10 Å². The summed E-state index contributed by atoms with van der Waals surface area (Å²) in [5.41, 5.74) is 0.767. The zero-order chi connectivity index (χ0) is 7.28. The molecule has 9 heavy (non-hydrogen) atoms. The van der Waals surface area contributed by atoms with E-state index in [0.717, 1.165) is 5.57 Å². The van der Waals surface area contributed by atoms with Crippen LogP contribution in [0.2, 0.25) is 0 Å². The van der Waals surface area contributed by atoms with Crippen LogP contribution < -0.4 is 0 Å². The molecule has 0 aromatic rings. The molecule has 2 N–H and O–H groups in total. The van der Waals surface area contributed by atoms with Gasteiger partial charge in [-0.3, -0.25) is 0 Å². The first-order valence-electron chi connectivity index (χ1n) is 3.12. The molecule has 0 heterocycles. The van der Waals surface area contributed by atoms with Crippen LogP contribution in [0, 0.1) is 0 Å². The van der Waals surface area contributed by atoms with Gasteiger partial charge in [0.1, 0.15) is 0 Å². The first-order valence-corrected chi connectivity index (χ1v) is 3.12. The van der Waals surface area contributed by atoms with Crippen molar-refractivity contribution in [1.29, 1.82) is 0 Å². The van der Waals surface area contributed by atoms with E-state index in [4.69, 9.17) is 10.2 Å². The van der Waals surface area contributed by atoms with Crippen LogP contribution in [0.3, 0.4) is 0 Å². The second-order valence-electron chi connectivity index (χ2n) is 2.23. The van der Waals surface area contributed by atoms with Crippen LogP contribution in [0.5, 0.6) is 0 Å². The summed E-state index contributed by atoms with van der Waals surface area (Å²) in [6, 6.07) is 0. The third kappa shape index (κ3) is 4.18. The Labute approximate surface area is 55.8 Å². The Hall–Kier alpha value is -0.340. The van der Waals surface area contributed by atoms with Crippen molar-refractivity contribution in [1.82, 2.24) is 0 Å². The van der Waals surface area contributed by atoms with Crippen molar-refractivity contribution in [2.24, 2.45) is 0 Å². The number of rotatable bonds is 4. The van der Waals surface area contributed by atoms with Gasteiger partial charge in [-0.05, 0) is 19.8 Å². The van der Waals surface area contributed by atoms with Crippen LogP contribution in [0.25, 0.3) is 0 Å². The number of aliphatic hydroxyl groups excluding tert-OH is 2. The van der Waals surface area contributed by atoms with Crippen molar-refractivity contribution in [2.45, 2.75) is 25.9 Å². The van der Waals surface area contributed by atoms with E-state index in [1.54, 1.807) is 6.92 Å². The summed E-state index contributed by atoms with van der Waals surface area (Å²) in [7, 11) is 0. The summed E-state index contributed by atoms with van der Waals surface area (Å²) in [6.45, 7) is 5.50. The molecule has 0 aliphatic rings. The maximum Gasteiger partial charge on any atom is 0.0745 e. The maximum atomic E-state index is 9.05. The Morgan fingerprint density at radius 1 is 1.67 bits per heavy atom. The molecule has 2 nitrogen and oxygen atoms in total. The van der Waals surface area contributed by atoms with E-state index in [2.05, 4.69) is 6.58 Å². The summed E-state index contributed by atoms with van der Waals surface area (Å²) in [4.78, 5) is 0. The van der Waals surface area contributed by atoms with Crippen molar-refractivity contribution < 1.29 is 10.2 Å². The highest BCUT2D eigenvalue weighted by atomic mass is 16.3. The van der Waals surface area contributed by atoms with Crippen LogP contribution in [-0.4, -0.2) is 22.9 Å². The predicted octanol–water partition coefficient (Wildman–Crippen LogP) is 0.696. The SMILES string of the molecule is C=C(C)C(O)CCCO. The lowest BCUT2D eigenvalue weighted by Gasteiger charge is -2.07. The van der Waals surface area contributed by atoms with Gasteiger partial charge in [0, 0.05) is 6.61 Å². The summed E-state index contributed by atoms with van der Waals surface area (Å²) in [5.74, 6) is 0. The molecule has 0 aliphatic heterocycles. The van der Waals surface area contributed by atoms with Gasteiger partial charge in [0.25, 0.3) is 0 Å². The zero-order valence-corrected chi connectivity index (χ0v) is 5.80. The van der Waals surface area contributed by atoms with Crippen LogP contribution in [0.15, 0.2) is 12.2 Å². The van der Waals surface area contributed by atoms with Crippen molar-refractivity contribution in [3.63, 3.8) is 0 Å². The third-order valence-corrected chi connectivity index (χ3v) is 1.20. The van der Waals surface area contributed by atoms with E-state index in [0.29, 0.717) is 12.8 Å². The van der Waals surface area contributed by atoms with Crippen LogP contribution in [0.1, 0.15) is 19.8 Å². The molecule has 1 unspecified atom stereocenters. The van der Waals surface area contributed by atoms with Crippen LogP contribution >= 0.6 is 0 Å². The molecule has 0 saturated heterocycles. The Kier molecular flexibility index (Phi) is 4.36. The molecule has 1 atom stereocenters. The minimum Gasteiger partial charge on any atom is -0.396 e. The molecule has 0 radical (unpaired) electrons. The molecule has 0 aliphatic carbocycles. The second-order valence-corrected chi connectivity index (χ2v) is 2.23. The molecule has 2 heteroatoms. The molecule has 0 aromatic heterocycles. The van der Waals surface area contributed by atoms with Gasteiger partial charge in [-0.2, -0.15) is 0 Å². The topological polar surface area (TPSA) is 40.5 Å². The monoisotopic (exact) mass is 130 g/mol. The third-order valence-electron chi connectivity index (χ3n) is 1.20. The molecule has 0 aromatic carbocycles. The summed E-state index contributed by atoms with van der Waals surface area (Å²) in [5, 5.41) is 17.4. The summed E-state index contributed by atoms with van der Waals surface area (Å²) >= 11 is 0. The van der Waals surface area contributed by atoms with Gasteiger partial charge in [0.2, 0.25) is 0 Å². The molecule has 0 saturated carbocycles. The van der Waals surface area contributed by atoms with Gasteiger partial charge in [-0.15, -0.1) is 0 Å². The van der Waals surface area contributed by atoms with Gasteiger partial charge < -0.3 is 10.2 Å². The molecule has 0 amide bonds. The maximum absolute atomic E-state index is 9.05. The summed E-state index contributed by atoms with van der Waals surface area (Å²) in [6.07, 6.45) is 0.831. The van der Waals surface area contributed by atoms with Crippen molar-refractivity contribution in [2.75, 3.05) is 6.61 Å². The van der Waals surface area contributed by atoms with Gasteiger partial charge in [-0.1, -0.05) is 12.2 Å². The first kappa shape index (κ1) is 8.66. The lowest BCUT2D eigenvalue weighted by Crippen LogP contribution is -2.07. The largest absolute Gasteiger partial charge is 0.396 e. The van der Waals surface area contributed by atoms with Crippen molar-refractivity contribution in [3.05, 3.63) is 12.2 Å². The zero-order valence-electron chi connectivity index (χ0n) is 5.80. The Balaban J connectivity index is 3.27. The standard InChI is InChI=1S/C7H14O2/c1-6(2)7(9)4-3-5-8/h7-9H,1,3-5H2,2H3. The normalized spacial score (nSPS) is 13.2. The van der Waals surface area contributed by atoms with E-state index >= 15 is 0 Å². The Bertz CT molecular complexity index is 88.9. The van der Waals surface area contributed by atoms with Crippen LogP contribution in [-0.2, 0) is 0 Å². The minimum atomic E-state index is -0.433. The number of hydrogen-bond acceptors (Lipinski definition) is 2. The lowest BCUT2D eigenvalue weighted by atomic mass is 10.1. The highest BCUT2D eigenvalue weighted by molar-refractivity contribution is 4.96. The molecule has 0 fully saturated rings. The average molecular weight is 130 g/mol. The molecule has 0 rings (SSSR count). The fourth-order valence-electron chi connectivity index (χ4n) is 0.531. The smallest absolute Gasteiger partial charge is 0.0745 e. The van der Waals surface area contributed by atoms with E-state index in [-0.39, 0.29) is 6.61 Å². The van der Waals surface area contributed by atoms with E-state index in [9.17, 15) is 0 Å². The lowest BCUT2D eigenvalue weighted by molar-refractivity contribution is 0.181. The fourth-order valence-corrected chi connectivity index (χ4v) is 0.531. The molecular formula is C7H14O2. The molecular weight excluding hydrogens is 116 g/mol. The van der Waals surface area contributed by atoms with Crippen LogP contribution in [0.4, 0.5) is 0 Å².